The second kappa shape index (κ2) is 4.94. The molecule has 3 heteroatoms. The van der Waals surface area contributed by atoms with Gasteiger partial charge >= 0.3 is 0 Å². The first-order chi connectivity index (χ1) is 8.56. The highest BCUT2D eigenvalue weighted by atomic mass is 16.3. The van der Waals surface area contributed by atoms with Crippen LogP contribution in [0.2, 0.25) is 0 Å². The molecule has 3 nitrogen and oxygen atoms in total. The van der Waals surface area contributed by atoms with Crippen LogP contribution in [0.1, 0.15) is 32.0 Å². The predicted molar refractivity (Wildman–Crippen MR) is 73.4 cm³/mol. The van der Waals surface area contributed by atoms with Gasteiger partial charge in [-0.2, -0.15) is 0 Å². The molecule has 0 aliphatic carbocycles. The zero-order valence-electron chi connectivity index (χ0n) is 11.2. The van der Waals surface area contributed by atoms with Gasteiger partial charge in [0.05, 0.1) is 5.69 Å². The van der Waals surface area contributed by atoms with E-state index in [-0.39, 0.29) is 5.41 Å². The average Bonchev–Trinajstić information content (AvgIpc) is 2.89. The van der Waals surface area contributed by atoms with Crippen LogP contribution >= 0.6 is 0 Å². The van der Waals surface area contributed by atoms with Gasteiger partial charge in [-0.3, -0.25) is 0 Å². The lowest BCUT2D eigenvalue weighted by atomic mass is 9.90. The van der Waals surface area contributed by atoms with E-state index in [2.05, 4.69) is 37.9 Å². The molecule has 0 atom stereocenters. The molecule has 0 aliphatic rings. The summed E-state index contributed by atoms with van der Waals surface area (Å²) >= 11 is 0. The van der Waals surface area contributed by atoms with E-state index in [0.29, 0.717) is 12.4 Å². The molecule has 0 bridgehead atoms. The number of aryl methyl sites for hydroxylation is 1. The summed E-state index contributed by atoms with van der Waals surface area (Å²) in [6.45, 7) is 6.82. The van der Waals surface area contributed by atoms with Crippen LogP contribution in [0.5, 0.6) is 0 Å². The molecule has 2 aromatic rings. The SMILES string of the molecule is CCc1ccc(-c2nc(C(C)(C)CN)co2)cc1. The smallest absolute Gasteiger partial charge is 0.226 e. The van der Waals surface area contributed by atoms with E-state index in [1.807, 2.05) is 12.1 Å². The van der Waals surface area contributed by atoms with Gasteiger partial charge in [0.1, 0.15) is 6.26 Å². The Balaban J connectivity index is 2.29. The fourth-order valence-corrected chi connectivity index (χ4v) is 1.70. The van der Waals surface area contributed by atoms with Gasteiger partial charge in [-0.25, -0.2) is 4.98 Å². The van der Waals surface area contributed by atoms with Crippen LogP contribution in [0.15, 0.2) is 34.9 Å². The Morgan fingerprint density at radius 1 is 1.22 bits per heavy atom. The molecule has 0 fully saturated rings. The van der Waals surface area contributed by atoms with Crippen molar-refractivity contribution in [2.75, 3.05) is 6.54 Å². The van der Waals surface area contributed by atoms with Gasteiger partial charge in [0.15, 0.2) is 0 Å². The molecule has 0 spiro atoms. The van der Waals surface area contributed by atoms with Crippen molar-refractivity contribution in [2.24, 2.45) is 5.73 Å². The van der Waals surface area contributed by atoms with E-state index < -0.39 is 0 Å². The van der Waals surface area contributed by atoms with E-state index >= 15 is 0 Å². The first-order valence-electron chi connectivity index (χ1n) is 6.32. The Morgan fingerprint density at radius 3 is 2.44 bits per heavy atom. The standard InChI is InChI=1S/C15H20N2O/c1-4-11-5-7-12(8-6-11)14-17-13(9-18-14)15(2,3)10-16/h5-9H,4,10,16H2,1-3H3. The maximum Gasteiger partial charge on any atom is 0.226 e. The van der Waals surface area contributed by atoms with Crippen LogP contribution in [0, 0.1) is 0 Å². The Morgan fingerprint density at radius 2 is 1.89 bits per heavy atom. The summed E-state index contributed by atoms with van der Waals surface area (Å²) in [5.74, 6) is 0.661. The summed E-state index contributed by atoms with van der Waals surface area (Å²) in [7, 11) is 0. The van der Waals surface area contributed by atoms with Gasteiger partial charge in [0, 0.05) is 17.5 Å². The Bertz CT molecular complexity index is 512. The lowest BCUT2D eigenvalue weighted by Gasteiger charge is -2.18. The minimum absolute atomic E-state index is 0.148. The zero-order valence-corrected chi connectivity index (χ0v) is 11.2. The number of aromatic nitrogens is 1. The van der Waals surface area contributed by atoms with Crippen LogP contribution in [-0.4, -0.2) is 11.5 Å². The largest absolute Gasteiger partial charge is 0.444 e. The average molecular weight is 244 g/mol. The van der Waals surface area contributed by atoms with Crippen LogP contribution in [-0.2, 0) is 11.8 Å². The highest BCUT2D eigenvalue weighted by Gasteiger charge is 2.23. The number of nitrogens with zero attached hydrogens (tertiary/aromatic N) is 1. The second-order valence-electron chi connectivity index (χ2n) is 5.18. The van der Waals surface area contributed by atoms with Gasteiger partial charge in [-0.15, -0.1) is 0 Å². The van der Waals surface area contributed by atoms with Crippen LogP contribution in [0.3, 0.4) is 0 Å². The van der Waals surface area contributed by atoms with Crippen molar-refractivity contribution in [3.63, 3.8) is 0 Å². The molecule has 2 rings (SSSR count). The summed E-state index contributed by atoms with van der Waals surface area (Å²) in [5, 5.41) is 0. The van der Waals surface area contributed by atoms with Crippen molar-refractivity contribution in [3.8, 4) is 11.5 Å². The van der Waals surface area contributed by atoms with E-state index in [4.69, 9.17) is 10.2 Å². The molecule has 1 heterocycles. The maximum absolute atomic E-state index is 5.74. The Kier molecular flexibility index (Phi) is 3.53. The number of rotatable bonds is 4. The molecule has 0 unspecified atom stereocenters. The summed E-state index contributed by atoms with van der Waals surface area (Å²) in [4.78, 5) is 4.53. The number of hydrogen-bond donors (Lipinski definition) is 1. The molecule has 0 radical (unpaired) electrons. The van der Waals surface area contributed by atoms with Crippen molar-refractivity contribution < 1.29 is 4.42 Å². The van der Waals surface area contributed by atoms with Crippen molar-refractivity contribution in [2.45, 2.75) is 32.6 Å². The molecule has 1 aromatic carbocycles. The summed E-state index contributed by atoms with van der Waals surface area (Å²) in [6.07, 6.45) is 2.74. The fraction of sp³-hybridized carbons (Fsp3) is 0.400. The second-order valence-corrected chi connectivity index (χ2v) is 5.18. The quantitative estimate of drug-likeness (QED) is 0.899. The van der Waals surface area contributed by atoms with E-state index in [0.717, 1.165) is 17.7 Å². The molecular formula is C15H20N2O. The van der Waals surface area contributed by atoms with Crippen molar-refractivity contribution in [1.29, 1.82) is 0 Å². The number of oxazole rings is 1. The molecular weight excluding hydrogens is 224 g/mol. The number of hydrogen-bond acceptors (Lipinski definition) is 3. The first-order valence-corrected chi connectivity index (χ1v) is 6.32. The number of nitrogens with two attached hydrogens (primary N) is 1. The molecule has 18 heavy (non-hydrogen) atoms. The third-order valence-electron chi connectivity index (χ3n) is 3.32. The van der Waals surface area contributed by atoms with Gasteiger partial charge in [-0.1, -0.05) is 32.9 Å². The molecule has 2 N–H and O–H groups in total. The Labute approximate surface area is 108 Å². The minimum atomic E-state index is -0.148. The van der Waals surface area contributed by atoms with Crippen molar-refractivity contribution >= 4 is 0 Å². The monoisotopic (exact) mass is 244 g/mol. The third-order valence-corrected chi connectivity index (χ3v) is 3.32. The molecule has 1 aromatic heterocycles. The van der Waals surface area contributed by atoms with Gasteiger partial charge in [-0.05, 0) is 24.1 Å². The lowest BCUT2D eigenvalue weighted by molar-refractivity contribution is 0.512. The van der Waals surface area contributed by atoms with Crippen LogP contribution in [0.25, 0.3) is 11.5 Å². The molecule has 0 saturated carbocycles. The highest BCUT2D eigenvalue weighted by molar-refractivity contribution is 5.54. The van der Waals surface area contributed by atoms with Crippen LogP contribution in [0.4, 0.5) is 0 Å². The van der Waals surface area contributed by atoms with Crippen molar-refractivity contribution in [3.05, 3.63) is 41.8 Å². The van der Waals surface area contributed by atoms with E-state index in [9.17, 15) is 0 Å². The van der Waals surface area contributed by atoms with E-state index in [1.165, 1.54) is 5.56 Å². The third kappa shape index (κ3) is 2.46. The fourth-order valence-electron chi connectivity index (χ4n) is 1.70. The van der Waals surface area contributed by atoms with Gasteiger partial charge in [0.2, 0.25) is 5.89 Å². The van der Waals surface area contributed by atoms with Gasteiger partial charge < -0.3 is 10.2 Å². The topological polar surface area (TPSA) is 52.0 Å². The minimum Gasteiger partial charge on any atom is -0.444 e. The molecule has 0 saturated heterocycles. The van der Waals surface area contributed by atoms with Crippen molar-refractivity contribution in [1.82, 2.24) is 4.98 Å². The lowest BCUT2D eigenvalue weighted by Crippen LogP contribution is -2.28. The summed E-state index contributed by atoms with van der Waals surface area (Å²) in [5.41, 5.74) is 8.82. The zero-order chi connectivity index (χ0) is 13.2. The number of benzene rings is 1. The van der Waals surface area contributed by atoms with Crippen LogP contribution < -0.4 is 5.73 Å². The molecule has 96 valence electrons. The molecule has 0 amide bonds. The molecule has 0 aliphatic heterocycles. The van der Waals surface area contributed by atoms with Gasteiger partial charge in [0.25, 0.3) is 0 Å². The first kappa shape index (κ1) is 12.8. The highest BCUT2D eigenvalue weighted by Crippen LogP contribution is 2.25. The summed E-state index contributed by atoms with van der Waals surface area (Å²) in [6, 6.07) is 8.30. The summed E-state index contributed by atoms with van der Waals surface area (Å²) < 4.78 is 5.55. The maximum atomic E-state index is 5.74. The predicted octanol–water partition coefficient (Wildman–Crippen LogP) is 3.14. The normalized spacial score (nSPS) is 11.8. The Hall–Kier alpha value is -1.61. The van der Waals surface area contributed by atoms with E-state index in [1.54, 1.807) is 6.26 Å².